The number of halogens is 2. The number of aromatic nitrogens is 1. The maximum absolute atomic E-state index is 14.3. The summed E-state index contributed by atoms with van der Waals surface area (Å²) in [4.78, 5) is 48.0. The van der Waals surface area contributed by atoms with Crippen molar-refractivity contribution in [2.75, 3.05) is 11.4 Å². The lowest BCUT2D eigenvalue weighted by Crippen LogP contribution is -2.44. The zero-order valence-corrected chi connectivity index (χ0v) is 23.6. The number of carbonyl (C=O) groups excluding carboxylic acids is 3. The molecule has 0 saturated carbocycles. The number of hydrogen-bond acceptors (Lipinski definition) is 3. The molecule has 9 heteroatoms. The van der Waals surface area contributed by atoms with Gasteiger partial charge < -0.3 is 10.3 Å². The summed E-state index contributed by atoms with van der Waals surface area (Å²) < 4.78 is 13.2. The van der Waals surface area contributed by atoms with Crippen molar-refractivity contribution in [3.05, 3.63) is 136 Å². The predicted molar refractivity (Wildman–Crippen MR) is 163 cm³/mol. The molecule has 0 aliphatic carbocycles. The molecular formula is C34H26ClFN4O3. The summed E-state index contributed by atoms with van der Waals surface area (Å²) in [6, 6.07) is 26.1. The van der Waals surface area contributed by atoms with Crippen LogP contribution in [0.3, 0.4) is 0 Å². The lowest BCUT2D eigenvalue weighted by Gasteiger charge is -2.36. The van der Waals surface area contributed by atoms with E-state index < -0.39 is 24.0 Å². The van der Waals surface area contributed by atoms with Crippen molar-refractivity contribution in [3.8, 4) is 0 Å². The van der Waals surface area contributed by atoms with Gasteiger partial charge in [0.05, 0.1) is 11.3 Å². The van der Waals surface area contributed by atoms with Crippen molar-refractivity contribution in [2.24, 2.45) is 0 Å². The van der Waals surface area contributed by atoms with Gasteiger partial charge in [-0.15, -0.1) is 0 Å². The Kier molecular flexibility index (Phi) is 6.70. The van der Waals surface area contributed by atoms with E-state index in [0.29, 0.717) is 24.4 Å². The summed E-state index contributed by atoms with van der Waals surface area (Å²) >= 11 is 6.39. The van der Waals surface area contributed by atoms with Crippen molar-refractivity contribution in [1.82, 2.24) is 15.2 Å². The summed E-state index contributed by atoms with van der Waals surface area (Å²) in [5, 5.41) is 4.40. The second-order valence-electron chi connectivity index (χ2n) is 10.8. The minimum Gasteiger partial charge on any atom is -0.356 e. The molecule has 4 amide bonds. The fraction of sp³-hybridized carbons (Fsp3) is 0.147. The van der Waals surface area contributed by atoms with Crippen molar-refractivity contribution >= 4 is 46.0 Å². The summed E-state index contributed by atoms with van der Waals surface area (Å²) in [5.74, 6) is -1.12. The van der Waals surface area contributed by atoms with Gasteiger partial charge in [-0.2, -0.15) is 0 Å². The molecule has 214 valence electrons. The topological polar surface area (TPSA) is 85.5 Å². The van der Waals surface area contributed by atoms with Gasteiger partial charge in [-0.05, 0) is 65.6 Å². The van der Waals surface area contributed by atoms with Gasteiger partial charge in [-0.25, -0.2) is 14.1 Å². The average molecular weight is 593 g/mol. The highest BCUT2D eigenvalue weighted by Crippen LogP contribution is 2.45. The van der Waals surface area contributed by atoms with E-state index in [1.54, 1.807) is 47.4 Å². The largest absolute Gasteiger partial charge is 0.356 e. The monoisotopic (exact) mass is 592 g/mol. The molecule has 43 heavy (non-hydrogen) atoms. The number of hydrogen-bond donors (Lipinski definition) is 2. The fourth-order valence-electron chi connectivity index (χ4n) is 6.25. The van der Waals surface area contributed by atoms with Crippen LogP contribution in [-0.2, 0) is 17.6 Å². The molecule has 5 aromatic rings. The predicted octanol–water partition coefficient (Wildman–Crippen LogP) is 6.42. The van der Waals surface area contributed by atoms with Crippen LogP contribution >= 0.6 is 11.6 Å². The first-order valence-corrected chi connectivity index (χ1v) is 14.4. The van der Waals surface area contributed by atoms with E-state index in [-0.39, 0.29) is 23.0 Å². The molecule has 2 aliphatic heterocycles. The van der Waals surface area contributed by atoms with Crippen molar-refractivity contribution in [2.45, 2.75) is 24.9 Å². The van der Waals surface area contributed by atoms with Gasteiger partial charge in [0.2, 0.25) is 0 Å². The van der Waals surface area contributed by atoms with Crippen LogP contribution in [0.1, 0.15) is 38.8 Å². The second kappa shape index (κ2) is 10.7. The van der Waals surface area contributed by atoms with Gasteiger partial charge in [0.15, 0.2) is 0 Å². The number of nitrogens with zero attached hydrogens (tertiary/aromatic N) is 2. The molecule has 2 aliphatic rings. The van der Waals surface area contributed by atoms with Crippen molar-refractivity contribution in [3.63, 3.8) is 0 Å². The lowest BCUT2D eigenvalue weighted by atomic mass is 9.89. The van der Waals surface area contributed by atoms with Crippen LogP contribution in [-0.4, -0.2) is 40.3 Å². The molecule has 0 bridgehead atoms. The van der Waals surface area contributed by atoms with Crippen LogP contribution in [0.5, 0.6) is 0 Å². The van der Waals surface area contributed by atoms with Crippen LogP contribution in [0.2, 0.25) is 5.02 Å². The molecule has 4 aromatic carbocycles. The SMILES string of the molecule is O=C(NCCc1ccc(F)cc1)c1ccccc1N1C(=O)C2Cc3c([nH]c4ccccc34)C(c3cccc(Cl)c3)N2C1=O. The molecule has 1 saturated heterocycles. The number of anilines is 1. The maximum Gasteiger partial charge on any atom is 0.332 e. The highest BCUT2D eigenvalue weighted by Gasteiger charge is 2.53. The van der Waals surface area contributed by atoms with Crippen LogP contribution < -0.4 is 10.2 Å². The summed E-state index contributed by atoms with van der Waals surface area (Å²) in [6.45, 7) is 0.300. The highest BCUT2D eigenvalue weighted by molar-refractivity contribution is 6.30. The molecule has 1 aromatic heterocycles. The van der Waals surface area contributed by atoms with Crippen molar-refractivity contribution < 1.29 is 18.8 Å². The van der Waals surface area contributed by atoms with E-state index >= 15 is 0 Å². The second-order valence-corrected chi connectivity index (χ2v) is 11.2. The third-order valence-electron chi connectivity index (χ3n) is 8.22. The van der Waals surface area contributed by atoms with E-state index in [2.05, 4.69) is 10.3 Å². The molecule has 0 radical (unpaired) electrons. The lowest BCUT2D eigenvalue weighted by molar-refractivity contribution is -0.120. The van der Waals surface area contributed by atoms with Gasteiger partial charge in [-0.3, -0.25) is 14.5 Å². The minimum absolute atomic E-state index is 0.214. The number of urea groups is 1. The molecule has 1 fully saturated rings. The van der Waals surface area contributed by atoms with Crippen molar-refractivity contribution in [1.29, 1.82) is 0 Å². The molecule has 2 atom stereocenters. The molecule has 2 N–H and O–H groups in total. The van der Waals surface area contributed by atoms with Gasteiger partial charge in [-0.1, -0.05) is 66.2 Å². The van der Waals surface area contributed by atoms with Gasteiger partial charge in [0.25, 0.3) is 11.8 Å². The Morgan fingerprint density at radius 3 is 2.53 bits per heavy atom. The molecule has 7 rings (SSSR count). The number of rotatable bonds is 6. The third kappa shape index (κ3) is 4.64. The Labute approximate surface area is 251 Å². The van der Waals surface area contributed by atoms with Gasteiger partial charge in [0, 0.05) is 34.6 Å². The first-order valence-electron chi connectivity index (χ1n) is 14.0. The molecular weight excluding hydrogens is 567 g/mol. The highest BCUT2D eigenvalue weighted by atomic mass is 35.5. The van der Waals surface area contributed by atoms with Crippen LogP contribution in [0.4, 0.5) is 14.9 Å². The molecule has 0 spiro atoms. The van der Waals surface area contributed by atoms with Crippen LogP contribution in [0.25, 0.3) is 10.9 Å². The Morgan fingerprint density at radius 1 is 0.953 bits per heavy atom. The number of fused-ring (bicyclic) bond motifs is 4. The molecule has 3 heterocycles. The maximum atomic E-state index is 14.3. The van der Waals surface area contributed by atoms with Crippen LogP contribution in [0.15, 0.2) is 97.1 Å². The summed E-state index contributed by atoms with van der Waals surface area (Å²) in [7, 11) is 0. The smallest absolute Gasteiger partial charge is 0.332 e. The van der Waals surface area contributed by atoms with Gasteiger partial charge in [0.1, 0.15) is 17.9 Å². The standard InChI is InChI=1S/C34H26ClFN4O3/c35-22-7-5-6-21(18-22)31-30-26(24-8-1-3-10-27(24)38-30)19-29-33(42)40(34(43)39(29)31)28-11-4-2-9-25(28)32(41)37-17-16-20-12-14-23(36)15-13-20/h1-15,18,29,31,38H,16-17,19H2,(H,37,41). The number of benzene rings is 4. The van der Waals surface area contributed by atoms with E-state index in [9.17, 15) is 18.8 Å². The number of para-hydroxylation sites is 2. The van der Waals surface area contributed by atoms with E-state index in [1.165, 1.54) is 12.1 Å². The molecule has 2 unspecified atom stereocenters. The number of aromatic amines is 1. The third-order valence-corrected chi connectivity index (χ3v) is 8.45. The Hall–Kier alpha value is -4.95. The molecule has 7 nitrogen and oxygen atoms in total. The average Bonchev–Trinajstić information content (AvgIpc) is 3.51. The Balaban J connectivity index is 1.23. The summed E-state index contributed by atoms with van der Waals surface area (Å²) in [5.41, 5.74) is 4.85. The van der Waals surface area contributed by atoms with E-state index in [0.717, 1.165) is 38.2 Å². The Morgan fingerprint density at radius 2 is 1.72 bits per heavy atom. The number of nitrogens with one attached hydrogen (secondary N) is 2. The summed E-state index contributed by atoms with van der Waals surface area (Å²) in [6.07, 6.45) is 0.835. The Bertz CT molecular complexity index is 1900. The number of amides is 4. The van der Waals surface area contributed by atoms with E-state index in [4.69, 9.17) is 11.6 Å². The first kappa shape index (κ1) is 26.9. The number of carbonyl (C=O) groups is 3. The number of imide groups is 1. The first-order chi connectivity index (χ1) is 20.9. The zero-order valence-electron chi connectivity index (χ0n) is 22.9. The normalized spacial score (nSPS) is 17.7. The number of H-pyrrole nitrogens is 1. The fourth-order valence-corrected chi connectivity index (χ4v) is 6.45. The minimum atomic E-state index is -0.766. The quantitative estimate of drug-likeness (QED) is 0.223. The zero-order chi connectivity index (χ0) is 29.7. The van der Waals surface area contributed by atoms with Crippen LogP contribution in [0, 0.1) is 5.82 Å². The van der Waals surface area contributed by atoms with E-state index in [1.807, 2.05) is 42.5 Å². The van der Waals surface area contributed by atoms with Gasteiger partial charge >= 0.3 is 6.03 Å².